The summed E-state index contributed by atoms with van der Waals surface area (Å²) in [5.41, 5.74) is 9.08. The molecule has 1 N–H and O–H groups in total. The molecule has 74 valence electrons. The van der Waals surface area contributed by atoms with Crippen molar-refractivity contribution in [1.82, 2.24) is 0 Å². The van der Waals surface area contributed by atoms with Crippen LogP contribution in [-0.4, -0.2) is 11.1 Å². The molecule has 0 bridgehead atoms. The molecule has 1 rings (SSSR count). The highest BCUT2D eigenvalue weighted by Gasteiger charge is 2.01. The van der Waals surface area contributed by atoms with Gasteiger partial charge in [0.15, 0.2) is 0 Å². The molecule has 0 aromatic carbocycles. The Bertz CT molecular complexity index is 368. The van der Waals surface area contributed by atoms with Gasteiger partial charge in [0.1, 0.15) is 0 Å². The van der Waals surface area contributed by atoms with Crippen LogP contribution in [0, 0.1) is 0 Å². The molecule has 1 aromatic heterocycles. The molecule has 0 saturated heterocycles. The zero-order chi connectivity index (χ0) is 10.4. The SMILES string of the molecule is [N-]=[N+]=NCc1cc(CCC(=O)O)cs1. The van der Waals surface area contributed by atoms with Crippen LogP contribution in [0.5, 0.6) is 0 Å². The van der Waals surface area contributed by atoms with Gasteiger partial charge in [0, 0.05) is 16.2 Å². The van der Waals surface area contributed by atoms with E-state index < -0.39 is 5.97 Å². The van der Waals surface area contributed by atoms with Crippen molar-refractivity contribution in [3.8, 4) is 0 Å². The minimum absolute atomic E-state index is 0.137. The molecule has 0 atom stereocenters. The van der Waals surface area contributed by atoms with Crippen LogP contribution < -0.4 is 0 Å². The van der Waals surface area contributed by atoms with Gasteiger partial charge in [0.25, 0.3) is 0 Å². The van der Waals surface area contributed by atoms with Gasteiger partial charge in [-0.05, 0) is 29.0 Å². The van der Waals surface area contributed by atoms with Gasteiger partial charge in [-0.25, -0.2) is 0 Å². The molecule has 0 aliphatic carbocycles. The molecular weight excluding hydrogens is 202 g/mol. The molecule has 0 fully saturated rings. The largest absolute Gasteiger partial charge is 0.481 e. The Hall–Kier alpha value is -1.52. The summed E-state index contributed by atoms with van der Waals surface area (Å²) >= 11 is 1.48. The Labute approximate surface area is 84.6 Å². The molecule has 5 nitrogen and oxygen atoms in total. The zero-order valence-electron chi connectivity index (χ0n) is 7.38. The summed E-state index contributed by atoms with van der Waals surface area (Å²) in [6.07, 6.45) is 0.666. The number of aryl methyl sites for hydroxylation is 1. The summed E-state index contributed by atoms with van der Waals surface area (Å²) in [5, 5.41) is 13.8. The highest BCUT2D eigenvalue weighted by atomic mass is 32.1. The summed E-state index contributed by atoms with van der Waals surface area (Å²) in [7, 11) is 0. The molecule has 0 amide bonds. The smallest absolute Gasteiger partial charge is 0.303 e. The molecular formula is C8H9N3O2S. The number of aliphatic carboxylic acids is 1. The van der Waals surface area contributed by atoms with Crippen LogP contribution in [0.15, 0.2) is 16.6 Å². The lowest BCUT2D eigenvalue weighted by molar-refractivity contribution is -0.136. The quantitative estimate of drug-likeness (QED) is 0.461. The van der Waals surface area contributed by atoms with Crippen LogP contribution in [0.1, 0.15) is 16.9 Å². The average Bonchev–Trinajstić information content (AvgIpc) is 2.59. The van der Waals surface area contributed by atoms with E-state index in [0.717, 1.165) is 10.4 Å². The van der Waals surface area contributed by atoms with Crippen molar-refractivity contribution in [3.63, 3.8) is 0 Å². The molecule has 0 aliphatic rings. The van der Waals surface area contributed by atoms with Crippen LogP contribution in [0.4, 0.5) is 0 Å². The van der Waals surface area contributed by atoms with E-state index in [9.17, 15) is 4.79 Å². The van der Waals surface area contributed by atoms with Crippen molar-refractivity contribution in [1.29, 1.82) is 0 Å². The monoisotopic (exact) mass is 211 g/mol. The first-order valence-corrected chi connectivity index (χ1v) is 4.89. The number of hydrogen-bond acceptors (Lipinski definition) is 3. The number of nitrogens with zero attached hydrogens (tertiary/aromatic N) is 3. The lowest BCUT2D eigenvalue weighted by Crippen LogP contribution is -1.96. The van der Waals surface area contributed by atoms with E-state index in [2.05, 4.69) is 10.0 Å². The fraction of sp³-hybridized carbons (Fsp3) is 0.375. The maximum atomic E-state index is 10.3. The number of carboxylic acids is 1. The number of rotatable bonds is 5. The molecule has 0 saturated carbocycles. The second-order valence-corrected chi connectivity index (χ2v) is 3.70. The predicted molar refractivity (Wildman–Crippen MR) is 53.1 cm³/mol. The van der Waals surface area contributed by atoms with Crippen LogP contribution in [-0.2, 0) is 17.8 Å². The molecule has 6 heteroatoms. The summed E-state index contributed by atoms with van der Waals surface area (Å²) < 4.78 is 0. The Morgan fingerprint density at radius 3 is 3.14 bits per heavy atom. The van der Waals surface area contributed by atoms with Crippen LogP contribution in [0.2, 0.25) is 0 Å². The van der Waals surface area contributed by atoms with E-state index in [0.29, 0.717) is 13.0 Å². The standard InChI is InChI=1S/C8H9N3O2S/c9-11-10-4-7-3-6(5-14-7)1-2-8(12)13/h3,5H,1-2,4H2,(H,12,13). The number of carboxylic acid groups (broad SMARTS) is 1. The maximum Gasteiger partial charge on any atom is 0.303 e. The molecule has 0 radical (unpaired) electrons. The summed E-state index contributed by atoms with van der Waals surface area (Å²) in [6, 6.07) is 1.88. The molecule has 0 spiro atoms. The fourth-order valence-corrected chi connectivity index (χ4v) is 1.83. The van der Waals surface area contributed by atoms with Gasteiger partial charge >= 0.3 is 5.97 Å². The van der Waals surface area contributed by atoms with Gasteiger partial charge in [0.2, 0.25) is 0 Å². The van der Waals surface area contributed by atoms with Gasteiger partial charge in [-0.3, -0.25) is 4.79 Å². The van der Waals surface area contributed by atoms with Gasteiger partial charge in [-0.2, -0.15) is 0 Å². The van der Waals surface area contributed by atoms with Crippen molar-refractivity contribution < 1.29 is 9.90 Å². The Morgan fingerprint density at radius 2 is 2.50 bits per heavy atom. The third kappa shape index (κ3) is 3.47. The van der Waals surface area contributed by atoms with E-state index in [1.54, 1.807) is 0 Å². The average molecular weight is 211 g/mol. The third-order valence-electron chi connectivity index (χ3n) is 1.63. The Balaban J connectivity index is 2.50. The first-order chi connectivity index (χ1) is 6.72. The van der Waals surface area contributed by atoms with E-state index in [1.165, 1.54) is 11.3 Å². The van der Waals surface area contributed by atoms with Crippen molar-refractivity contribution >= 4 is 17.3 Å². The normalized spacial score (nSPS) is 9.43. The van der Waals surface area contributed by atoms with Gasteiger partial charge < -0.3 is 5.11 Å². The van der Waals surface area contributed by atoms with Crippen molar-refractivity contribution in [2.45, 2.75) is 19.4 Å². The molecule has 0 unspecified atom stereocenters. The minimum atomic E-state index is -0.798. The van der Waals surface area contributed by atoms with E-state index in [-0.39, 0.29) is 6.42 Å². The first-order valence-electron chi connectivity index (χ1n) is 4.01. The summed E-state index contributed by atoms with van der Waals surface area (Å²) in [4.78, 5) is 13.9. The third-order valence-corrected chi connectivity index (χ3v) is 2.60. The number of azide groups is 1. The van der Waals surface area contributed by atoms with Gasteiger partial charge in [0.05, 0.1) is 6.54 Å². The van der Waals surface area contributed by atoms with Crippen LogP contribution in [0.25, 0.3) is 10.4 Å². The summed E-state index contributed by atoms with van der Waals surface area (Å²) in [6.45, 7) is 0.342. The number of thiophene rings is 1. The predicted octanol–water partition coefficient (Wildman–Crippen LogP) is 2.58. The second-order valence-electron chi connectivity index (χ2n) is 2.70. The Morgan fingerprint density at radius 1 is 1.71 bits per heavy atom. The minimum Gasteiger partial charge on any atom is -0.481 e. The zero-order valence-corrected chi connectivity index (χ0v) is 8.20. The van der Waals surface area contributed by atoms with E-state index in [4.69, 9.17) is 10.6 Å². The number of hydrogen-bond donors (Lipinski definition) is 1. The lowest BCUT2D eigenvalue weighted by Gasteiger charge is -1.91. The van der Waals surface area contributed by atoms with Gasteiger partial charge in [-0.1, -0.05) is 5.11 Å². The van der Waals surface area contributed by atoms with E-state index in [1.807, 2.05) is 11.4 Å². The van der Waals surface area contributed by atoms with Crippen LogP contribution >= 0.6 is 11.3 Å². The topological polar surface area (TPSA) is 86.1 Å². The first kappa shape index (κ1) is 10.6. The second kappa shape index (κ2) is 5.26. The van der Waals surface area contributed by atoms with Crippen molar-refractivity contribution in [2.24, 2.45) is 5.11 Å². The van der Waals surface area contributed by atoms with E-state index >= 15 is 0 Å². The van der Waals surface area contributed by atoms with Crippen molar-refractivity contribution in [2.75, 3.05) is 0 Å². The maximum absolute atomic E-state index is 10.3. The molecule has 0 aliphatic heterocycles. The highest BCUT2D eigenvalue weighted by molar-refractivity contribution is 7.10. The highest BCUT2D eigenvalue weighted by Crippen LogP contribution is 2.17. The lowest BCUT2D eigenvalue weighted by atomic mass is 10.2. The molecule has 14 heavy (non-hydrogen) atoms. The fourth-order valence-electron chi connectivity index (χ4n) is 0.993. The van der Waals surface area contributed by atoms with Crippen molar-refractivity contribution in [3.05, 3.63) is 32.3 Å². The number of carbonyl (C=O) groups is 1. The molecule has 1 aromatic rings. The van der Waals surface area contributed by atoms with Gasteiger partial charge in [-0.15, -0.1) is 11.3 Å². The summed E-state index contributed by atoms with van der Waals surface area (Å²) in [5.74, 6) is -0.798. The Kier molecular flexibility index (Phi) is 3.97. The molecule has 1 heterocycles. The van der Waals surface area contributed by atoms with Crippen LogP contribution in [0.3, 0.4) is 0 Å².